The maximum Gasteiger partial charge on any atom is 0.263 e. The Morgan fingerprint density at radius 1 is 0.933 bits per heavy atom. The lowest BCUT2D eigenvalue weighted by atomic mass is 10.2. The lowest BCUT2D eigenvalue weighted by Crippen LogP contribution is -2.49. The average Bonchev–Trinajstić information content (AvgIpc) is 3.45. The number of amides is 1. The van der Waals surface area contributed by atoms with E-state index in [9.17, 15) is 18.3 Å². The number of nitrogens with one attached hydrogen (secondary N) is 3. The summed E-state index contributed by atoms with van der Waals surface area (Å²) in [6.07, 6.45) is 1.60. The highest BCUT2D eigenvalue weighted by molar-refractivity contribution is 7.93. The first-order valence-corrected chi connectivity index (χ1v) is 16.8. The van der Waals surface area contributed by atoms with Crippen molar-refractivity contribution in [2.45, 2.75) is 11.8 Å². The minimum absolute atomic E-state index is 0.0727. The molecule has 3 heterocycles. The fourth-order valence-electron chi connectivity index (χ4n) is 5.16. The Bertz CT molecular complexity index is 1920. The van der Waals surface area contributed by atoms with Crippen molar-refractivity contribution in [3.63, 3.8) is 0 Å². The van der Waals surface area contributed by atoms with Crippen LogP contribution in [0.25, 0.3) is 10.2 Å². The van der Waals surface area contributed by atoms with Crippen LogP contribution in [0, 0.1) is 6.92 Å². The Balaban J connectivity index is 1.14. The minimum atomic E-state index is -3.92. The van der Waals surface area contributed by atoms with Gasteiger partial charge < -0.3 is 20.6 Å². The van der Waals surface area contributed by atoms with Gasteiger partial charge in [-0.1, -0.05) is 29.5 Å². The SMILES string of the molecule is Cc1cccc(Nc2cccc3nc(NS(=O)(=O)c4ccc(Nc5ncccc5C(=O)N5CCN(CCO)CC5)cc4)sc23)c1. The number of β-amino-alcohol motifs (C(OH)–C–C–N with tert-alkyl or cyclic N) is 1. The normalized spacial score (nSPS) is 14.0. The number of fused-ring (bicyclic) bond motifs is 1. The highest BCUT2D eigenvalue weighted by Crippen LogP contribution is 2.35. The Labute approximate surface area is 265 Å². The van der Waals surface area contributed by atoms with Crippen LogP contribution in [-0.2, 0) is 10.0 Å². The van der Waals surface area contributed by atoms with E-state index in [0.29, 0.717) is 55.3 Å². The number of benzene rings is 3. The summed E-state index contributed by atoms with van der Waals surface area (Å²) in [6.45, 7) is 5.23. The number of sulfonamides is 1. The number of rotatable bonds is 10. The highest BCUT2D eigenvalue weighted by atomic mass is 32.2. The molecule has 6 rings (SSSR count). The third kappa shape index (κ3) is 7.07. The number of thiazole rings is 1. The van der Waals surface area contributed by atoms with Crippen LogP contribution in [0.15, 0.2) is 90.0 Å². The van der Waals surface area contributed by atoms with Crippen LogP contribution in [0.2, 0.25) is 0 Å². The van der Waals surface area contributed by atoms with Crippen LogP contribution in [-0.4, -0.2) is 78.5 Å². The van der Waals surface area contributed by atoms with Gasteiger partial charge in [0.15, 0.2) is 5.13 Å². The second-order valence-corrected chi connectivity index (χ2v) is 13.4. The lowest BCUT2D eigenvalue weighted by molar-refractivity contribution is 0.0615. The predicted molar refractivity (Wildman–Crippen MR) is 178 cm³/mol. The smallest absolute Gasteiger partial charge is 0.263 e. The number of piperazine rings is 1. The van der Waals surface area contributed by atoms with Crippen molar-refractivity contribution >= 4 is 65.5 Å². The standard InChI is InChI=1S/C32H33N7O4S2/c1-22-5-2-6-24(21-22)34-27-8-3-9-28-29(27)44-32(36-28)37-45(42,43)25-12-10-23(11-13-25)35-30-26(7-4-14-33-30)31(41)39-17-15-38(16-18-39)19-20-40/h2-14,21,34,40H,15-20H2,1H3,(H,33,35)(H,36,37). The molecule has 0 spiro atoms. The summed E-state index contributed by atoms with van der Waals surface area (Å²) in [7, 11) is -3.92. The second kappa shape index (κ2) is 13.2. The van der Waals surface area contributed by atoms with Crippen LogP contribution in [0.1, 0.15) is 15.9 Å². The predicted octanol–water partition coefficient (Wildman–Crippen LogP) is 5.04. The molecule has 1 saturated heterocycles. The van der Waals surface area contributed by atoms with Crippen molar-refractivity contribution in [3.05, 3.63) is 96.2 Å². The van der Waals surface area contributed by atoms with E-state index >= 15 is 0 Å². The maximum atomic E-state index is 13.3. The van der Waals surface area contributed by atoms with E-state index in [0.717, 1.165) is 21.6 Å². The number of hydrogen-bond donors (Lipinski definition) is 4. The molecule has 11 nitrogen and oxygen atoms in total. The van der Waals surface area contributed by atoms with Gasteiger partial charge in [0.05, 0.1) is 33.0 Å². The van der Waals surface area contributed by atoms with Gasteiger partial charge in [0, 0.05) is 50.3 Å². The molecule has 45 heavy (non-hydrogen) atoms. The van der Waals surface area contributed by atoms with Crippen molar-refractivity contribution in [1.82, 2.24) is 19.8 Å². The number of aromatic nitrogens is 2. The van der Waals surface area contributed by atoms with Gasteiger partial charge in [-0.15, -0.1) is 0 Å². The number of pyridine rings is 1. The molecule has 0 aliphatic carbocycles. The van der Waals surface area contributed by atoms with Crippen LogP contribution < -0.4 is 15.4 Å². The number of aryl methyl sites for hydroxylation is 1. The zero-order valence-electron chi connectivity index (χ0n) is 24.6. The molecule has 2 aromatic heterocycles. The fraction of sp³-hybridized carbons (Fsp3) is 0.219. The lowest BCUT2D eigenvalue weighted by Gasteiger charge is -2.34. The first-order chi connectivity index (χ1) is 21.8. The van der Waals surface area contributed by atoms with Crippen LogP contribution in [0.4, 0.5) is 28.0 Å². The molecule has 5 aromatic rings. The van der Waals surface area contributed by atoms with Gasteiger partial charge in [0.25, 0.3) is 15.9 Å². The Hall–Kier alpha value is -4.56. The summed E-state index contributed by atoms with van der Waals surface area (Å²) < 4.78 is 30.0. The summed E-state index contributed by atoms with van der Waals surface area (Å²) in [5.74, 6) is 0.254. The maximum absolute atomic E-state index is 13.3. The van der Waals surface area contributed by atoms with Crippen molar-refractivity contribution in [3.8, 4) is 0 Å². The topological polar surface area (TPSA) is 140 Å². The molecule has 1 amide bonds. The van der Waals surface area contributed by atoms with Crippen LogP contribution in [0.3, 0.4) is 0 Å². The summed E-state index contributed by atoms with van der Waals surface area (Å²) in [6, 6.07) is 23.4. The van der Waals surface area contributed by atoms with E-state index in [2.05, 4.69) is 30.2 Å². The second-order valence-electron chi connectivity index (χ2n) is 10.7. The van der Waals surface area contributed by atoms with Crippen molar-refractivity contribution in [2.24, 2.45) is 0 Å². The van der Waals surface area contributed by atoms with E-state index in [-0.39, 0.29) is 22.5 Å². The quantitative estimate of drug-likeness (QED) is 0.165. The van der Waals surface area contributed by atoms with E-state index in [1.807, 2.05) is 49.4 Å². The summed E-state index contributed by atoms with van der Waals surface area (Å²) >= 11 is 1.26. The molecule has 0 saturated carbocycles. The number of aliphatic hydroxyl groups is 1. The molecule has 1 aliphatic rings. The van der Waals surface area contributed by atoms with E-state index < -0.39 is 10.0 Å². The van der Waals surface area contributed by atoms with E-state index in [1.165, 1.54) is 23.5 Å². The zero-order chi connectivity index (χ0) is 31.4. The first-order valence-electron chi connectivity index (χ1n) is 14.5. The van der Waals surface area contributed by atoms with Gasteiger partial charge in [-0.25, -0.2) is 18.4 Å². The number of carbonyl (C=O) groups excluding carboxylic acids is 1. The van der Waals surface area contributed by atoms with E-state index in [4.69, 9.17) is 0 Å². The molecule has 0 atom stereocenters. The van der Waals surface area contributed by atoms with Gasteiger partial charge in [0.1, 0.15) is 5.82 Å². The summed E-state index contributed by atoms with van der Waals surface area (Å²) in [4.78, 5) is 26.2. The monoisotopic (exact) mass is 643 g/mol. The molecule has 0 bridgehead atoms. The zero-order valence-corrected chi connectivity index (χ0v) is 26.2. The molecule has 0 unspecified atom stereocenters. The molecule has 13 heteroatoms. The number of aliphatic hydroxyl groups excluding tert-OH is 1. The van der Waals surface area contributed by atoms with Crippen LogP contribution in [0.5, 0.6) is 0 Å². The third-order valence-corrected chi connectivity index (χ3v) is 9.98. The van der Waals surface area contributed by atoms with Gasteiger partial charge in [-0.3, -0.25) is 14.4 Å². The van der Waals surface area contributed by atoms with Gasteiger partial charge in [-0.2, -0.15) is 0 Å². The Morgan fingerprint density at radius 2 is 1.71 bits per heavy atom. The fourth-order valence-corrected chi connectivity index (χ4v) is 7.33. The van der Waals surface area contributed by atoms with Gasteiger partial charge >= 0.3 is 0 Å². The first kappa shape index (κ1) is 30.5. The van der Waals surface area contributed by atoms with Crippen molar-refractivity contribution in [2.75, 3.05) is 54.7 Å². The van der Waals surface area contributed by atoms with E-state index in [1.54, 1.807) is 35.4 Å². The van der Waals surface area contributed by atoms with Crippen molar-refractivity contribution < 1.29 is 18.3 Å². The summed E-state index contributed by atoms with van der Waals surface area (Å²) in [5, 5.41) is 16.0. The number of nitrogens with zero attached hydrogens (tertiary/aromatic N) is 4. The van der Waals surface area contributed by atoms with Gasteiger partial charge in [0.2, 0.25) is 0 Å². The molecule has 0 radical (unpaired) electrons. The number of anilines is 5. The molecule has 3 aromatic carbocycles. The Kier molecular flexibility index (Phi) is 8.94. The minimum Gasteiger partial charge on any atom is -0.395 e. The molecular weight excluding hydrogens is 611 g/mol. The largest absolute Gasteiger partial charge is 0.395 e. The number of carbonyl (C=O) groups is 1. The summed E-state index contributed by atoms with van der Waals surface area (Å²) in [5.41, 5.74) is 4.60. The van der Waals surface area contributed by atoms with Crippen molar-refractivity contribution in [1.29, 1.82) is 0 Å². The average molecular weight is 644 g/mol. The van der Waals surface area contributed by atoms with Gasteiger partial charge in [-0.05, 0) is 73.2 Å². The number of hydrogen-bond acceptors (Lipinski definition) is 10. The molecule has 232 valence electrons. The Morgan fingerprint density at radius 3 is 2.47 bits per heavy atom. The van der Waals surface area contributed by atoms with Crippen LogP contribution >= 0.6 is 11.3 Å². The third-order valence-electron chi connectivity index (χ3n) is 7.47. The molecule has 1 fully saturated rings. The highest BCUT2D eigenvalue weighted by Gasteiger charge is 2.24. The molecular formula is C32H33N7O4S2. The molecule has 4 N–H and O–H groups in total. The molecule has 1 aliphatic heterocycles.